The lowest BCUT2D eigenvalue weighted by molar-refractivity contribution is 0.0922. The van der Waals surface area contributed by atoms with Crippen LogP contribution < -0.4 is 5.32 Å². The summed E-state index contributed by atoms with van der Waals surface area (Å²) in [6.07, 6.45) is 4.13. The van der Waals surface area contributed by atoms with Crippen molar-refractivity contribution in [3.8, 4) is 0 Å². The van der Waals surface area contributed by atoms with Gasteiger partial charge in [0.15, 0.2) is 0 Å². The Balaban J connectivity index is 2.06. The van der Waals surface area contributed by atoms with Crippen LogP contribution in [0.4, 0.5) is 4.39 Å². The molecule has 2 rings (SSSR count). The van der Waals surface area contributed by atoms with Crippen molar-refractivity contribution in [2.75, 3.05) is 0 Å². The highest BCUT2D eigenvalue weighted by Crippen LogP contribution is 2.26. The Morgan fingerprint density at radius 1 is 1.21 bits per heavy atom. The number of carbonyl (C=O) groups is 1. The van der Waals surface area contributed by atoms with E-state index in [9.17, 15) is 9.18 Å². The molecule has 1 aliphatic rings. The molecular weight excluding hydrogens is 288 g/mol. The third-order valence-corrected chi connectivity index (χ3v) is 4.21. The summed E-state index contributed by atoms with van der Waals surface area (Å²) in [7, 11) is 0. The molecule has 0 atom stereocenters. The third kappa shape index (κ3) is 3.61. The number of hydrogen-bond acceptors (Lipinski definition) is 1. The van der Waals surface area contributed by atoms with Gasteiger partial charge in [-0.15, -0.1) is 0 Å². The van der Waals surface area contributed by atoms with E-state index in [0.29, 0.717) is 5.92 Å². The van der Waals surface area contributed by atoms with Crippen LogP contribution >= 0.6 is 23.2 Å². The molecule has 0 aromatic heterocycles. The van der Waals surface area contributed by atoms with Gasteiger partial charge in [0.05, 0.1) is 15.6 Å². The number of benzene rings is 1. The van der Waals surface area contributed by atoms with Crippen molar-refractivity contribution in [2.45, 2.75) is 38.6 Å². The minimum atomic E-state index is -0.631. The van der Waals surface area contributed by atoms with E-state index in [1.54, 1.807) is 0 Å². The molecule has 19 heavy (non-hydrogen) atoms. The van der Waals surface area contributed by atoms with Crippen LogP contribution in [0.15, 0.2) is 12.1 Å². The van der Waals surface area contributed by atoms with Crippen LogP contribution in [0.25, 0.3) is 0 Å². The molecule has 5 heteroatoms. The van der Waals surface area contributed by atoms with Crippen molar-refractivity contribution in [3.63, 3.8) is 0 Å². The molecule has 104 valence electrons. The molecule has 1 fully saturated rings. The first kappa shape index (κ1) is 14.6. The molecule has 1 N–H and O–H groups in total. The van der Waals surface area contributed by atoms with Crippen molar-refractivity contribution in [2.24, 2.45) is 5.92 Å². The topological polar surface area (TPSA) is 29.1 Å². The predicted molar refractivity (Wildman–Crippen MR) is 75.3 cm³/mol. The maximum Gasteiger partial charge on any atom is 0.253 e. The van der Waals surface area contributed by atoms with Gasteiger partial charge >= 0.3 is 0 Å². The number of halogens is 3. The van der Waals surface area contributed by atoms with Gasteiger partial charge in [0, 0.05) is 6.04 Å². The van der Waals surface area contributed by atoms with E-state index in [-0.39, 0.29) is 27.6 Å². The lowest BCUT2D eigenvalue weighted by Gasteiger charge is -2.27. The van der Waals surface area contributed by atoms with Crippen molar-refractivity contribution < 1.29 is 9.18 Å². The molecule has 0 radical (unpaired) electrons. The second-order valence-corrected chi connectivity index (χ2v) is 5.99. The summed E-state index contributed by atoms with van der Waals surface area (Å²) in [6.45, 7) is 2.21. The molecule has 1 aliphatic carbocycles. The van der Waals surface area contributed by atoms with Gasteiger partial charge in [0.2, 0.25) is 0 Å². The summed E-state index contributed by atoms with van der Waals surface area (Å²) >= 11 is 11.5. The van der Waals surface area contributed by atoms with E-state index in [2.05, 4.69) is 12.2 Å². The fourth-order valence-corrected chi connectivity index (χ4v) is 2.83. The lowest BCUT2D eigenvalue weighted by Crippen LogP contribution is -2.37. The van der Waals surface area contributed by atoms with Crippen LogP contribution in [-0.4, -0.2) is 11.9 Å². The molecule has 1 aromatic rings. The van der Waals surface area contributed by atoms with E-state index >= 15 is 0 Å². The number of hydrogen-bond donors (Lipinski definition) is 1. The highest BCUT2D eigenvalue weighted by atomic mass is 35.5. The second kappa shape index (κ2) is 6.10. The minimum absolute atomic E-state index is 0.0759. The minimum Gasteiger partial charge on any atom is -0.349 e. The molecule has 0 heterocycles. The van der Waals surface area contributed by atoms with E-state index in [1.165, 1.54) is 6.07 Å². The van der Waals surface area contributed by atoms with Gasteiger partial charge in [-0.1, -0.05) is 30.1 Å². The lowest BCUT2D eigenvalue weighted by atomic mass is 9.87. The molecule has 2 nitrogen and oxygen atoms in total. The van der Waals surface area contributed by atoms with Crippen molar-refractivity contribution in [3.05, 3.63) is 33.6 Å². The van der Waals surface area contributed by atoms with E-state index in [4.69, 9.17) is 23.2 Å². The number of rotatable bonds is 2. The molecule has 0 bridgehead atoms. The van der Waals surface area contributed by atoms with E-state index in [1.807, 2.05) is 0 Å². The summed E-state index contributed by atoms with van der Waals surface area (Å²) in [5.74, 6) is -0.252. The standard InChI is InChI=1S/C14H16Cl2FNO/c1-8-2-4-9(5-3-8)18-14(19)10-6-13(17)12(16)7-11(10)15/h6-9H,2-5H2,1H3,(H,18,19). The maximum absolute atomic E-state index is 13.4. The van der Waals surface area contributed by atoms with Gasteiger partial charge in [-0.05, 0) is 43.7 Å². The first-order valence-electron chi connectivity index (χ1n) is 6.42. The summed E-state index contributed by atoms with van der Waals surface area (Å²) in [5.41, 5.74) is 0.141. The Morgan fingerprint density at radius 2 is 1.84 bits per heavy atom. The average molecular weight is 304 g/mol. The maximum atomic E-state index is 13.4. The molecule has 0 saturated heterocycles. The van der Waals surface area contributed by atoms with Gasteiger partial charge < -0.3 is 5.32 Å². The van der Waals surface area contributed by atoms with Crippen LogP contribution in [0, 0.1) is 11.7 Å². The number of nitrogens with one attached hydrogen (secondary N) is 1. The monoisotopic (exact) mass is 303 g/mol. The Labute approximate surface area is 122 Å². The molecule has 1 amide bonds. The van der Waals surface area contributed by atoms with Crippen molar-refractivity contribution in [1.82, 2.24) is 5.32 Å². The van der Waals surface area contributed by atoms with Crippen LogP contribution in [-0.2, 0) is 0 Å². The quantitative estimate of drug-likeness (QED) is 0.804. The number of amides is 1. The Kier molecular flexibility index (Phi) is 4.69. The Hall–Kier alpha value is -0.800. The first-order chi connectivity index (χ1) is 8.97. The average Bonchev–Trinajstić information content (AvgIpc) is 2.36. The third-order valence-electron chi connectivity index (χ3n) is 3.61. The molecule has 0 aliphatic heterocycles. The highest BCUT2D eigenvalue weighted by molar-refractivity contribution is 6.36. The fraction of sp³-hybridized carbons (Fsp3) is 0.500. The van der Waals surface area contributed by atoms with Crippen LogP contribution in [0.3, 0.4) is 0 Å². The van der Waals surface area contributed by atoms with Crippen LogP contribution in [0.2, 0.25) is 10.0 Å². The van der Waals surface area contributed by atoms with Crippen LogP contribution in [0.5, 0.6) is 0 Å². The molecule has 0 spiro atoms. The highest BCUT2D eigenvalue weighted by Gasteiger charge is 2.22. The van der Waals surface area contributed by atoms with E-state index in [0.717, 1.165) is 31.7 Å². The summed E-state index contributed by atoms with van der Waals surface area (Å²) in [4.78, 5) is 12.1. The van der Waals surface area contributed by atoms with Gasteiger partial charge in [0.25, 0.3) is 5.91 Å². The molecule has 1 saturated carbocycles. The molecule has 0 unspecified atom stereocenters. The van der Waals surface area contributed by atoms with Gasteiger partial charge in [-0.3, -0.25) is 4.79 Å². The van der Waals surface area contributed by atoms with Gasteiger partial charge in [0.1, 0.15) is 5.82 Å². The summed E-state index contributed by atoms with van der Waals surface area (Å²) in [5, 5.41) is 3.01. The Morgan fingerprint density at radius 3 is 2.47 bits per heavy atom. The van der Waals surface area contributed by atoms with Gasteiger partial charge in [-0.2, -0.15) is 0 Å². The first-order valence-corrected chi connectivity index (χ1v) is 7.18. The normalized spacial score (nSPS) is 23.2. The zero-order chi connectivity index (χ0) is 14.0. The SMILES string of the molecule is CC1CCC(NC(=O)c2cc(F)c(Cl)cc2Cl)CC1. The summed E-state index contributed by atoms with van der Waals surface area (Å²) in [6, 6.07) is 2.50. The van der Waals surface area contributed by atoms with Crippen molar-refractivity contribution in [1.29, 1.82) is 0 Å². The molecular formula is C14H16Cl2FNO. The largest absolute Gasteiger partial charge is 0.349 e. The van der Waals surface area contributed by atoms with Crippen LogP contribution in [0.1, 0.15) is 43.0 Å². The zero-order valence-electron chi connectivity index (χ0n) is 10.7. The van der Waals surface area contributed by atoms with Crippen molar-refractivity contribution >= 4 is 29.1 Å². The Bertz CT molecular complexity index is 485. The number of carbonyl (C=O) groups excluding carboxylic acids is 1. The molecule has 1 aromatic carbocycles. The smallest absolute Gasteiger partial charge is 0.253 e. The zero-order valence-corrected chi connectivity index (χ0v) is 12.2. The second-order valence-electron chi connectivity index (χ2n) is 5.18. The summed E-state index contributed by atoms with van der Waals surface area (Å²) < 4.78 is 13.4. The van der Waals surface area contributed by atoms with E-state index < -0.39 is 5.82 Å². The van der Waals surface area contributed by atoms with Gasteiger partial charge in [-0.25, -0.2) is 4.39 Å². The predicted octanol–water partition coefficient (Wildman–Crippen LogP) is 4.44. The fourth-order valence-electron chi connectivity index (χ4n) is 2.36.